The maximum Gasteiger partial charge on any atom is 0.0104 e. The Hall–Kier alpha value is -0.0800. The Bertz CT molecular complexity index is 303. The van der Waals surface area contributed by atoms with E-state index in [-0.39, 0.29) is 0 Å². The van der Waals surface area contributed by atoms with Crippen LogP contribution in [-0.2, 0) is 0 Å². The fourth-order valence-electron chi connectivity index (χ4n) is 5.39. The highest BCUT2D eigenvalue weighted by Gasteiger charge is 2.44. The van der Waals surface area contributed by atoms with Crippen LogP contribution in [0.25, 0.3) is 0 Å². The van der Waals surface area contributed by atoms with E-state index in [1.54, 1.807) is 0 Å². The molecule has 3 saturated heterocycles. The highest BCUT2D eigenvalue weighted by atomic mass is 15.2. The van der Waals surface area contributed by atoms with E-state index in [1.807, 2.05) is 0 Å². The van der Waals surface area contributed by atoms with E-state index in [9.17, 15) is 0 Å². The van der Waals surface area contributed by atoms with Gasteiger partial charge in [0.25, 0.3) is 0 Å². The molecule has 2 atom stereocenters. The first-order valence-corrected chi connectivity index (χ1v) is 9.07. The first kappa shape index (κ1) is 14.8. The van der Waals surface area contributed by atoms with E-state index >= 15 is 0 Å². The van der Waals surface area contributed by atoms with Crippen molar-refractivity contribution in [3.63, 3.8) is 0 Å². The van der Waals surface area contributed by atoms with E-state index in [0.717, 1.165) is 36.0 Å². The SMILES string of the molecule is CC(C)N1CCC(C2CC3CCC(C2)N3C(C)C)CC1. The average Bonchev–Trinajstić information content (AvgIpc) is 2.70. The van der Waals surface area contributed by atoms with Gasteiger partial charge < -0.3 is 4.90 Å². The van der Waals surface area contributed by atoms with Crippen molar-refractivity contribution in [2.75, 3.05) is 13.1 Å². The molecular formula is C18H34N2. The van der Waals surface area contributed by atoms with Crippen molar-refractivity contribution in [1.29, 1.82) is 0 Å². The van der Waals surface area contributed by atoms with Gasteiger partial charge in [-0.25, -0.2) is 0 Å². The predicted octanol–water partition coefficient (Wildman–Crippen LogP) is 3.76. The second-order valence-electron chi connectivity index (χ2n) is 8.12. The summed E-state index contributed by atoms with van der Waals surface area (Å²) in [6.45, 7) is 12.2. The van der Waals surface area contributed by atoms with Gasteiger partial charge in [-0.15, -0.1) is 0 Å². The van der Waals surface area contributed by atoms with Gasteiger partial charge in [-0.05, 0) is 91.1 Å². The van der Waals surface area contributed by atoms with Gasteiger partial charge in [-0.1, -0.05) is 0 Å². The lowest BCUT2D eigenvalue weighted by Gasteiger charge is -2.46. The highest BCUT2D eigenvalue weighted by Crippen LogP contribution is 2.44. The Kier molecular flexibility index (Phi) is 4.42. The van der Waals surface area contributed by atoms with Gasteiger partial charge >= 0.3 is 0 Å². The molecule has 3 fully saturated rings. The van der Waals surface area contributed by atoms with Crippen molar-refractivity contribution in [3.8, 4) is 0 Å². The average molecular weight is 278 g/mol. The summed E-state index contributed by atoms with van der Waals surface area (Å²) in [6.07, 6.45) is 8.88. The zero-order chi connectivity index (χ0) is 14.3. The van der Waals surface area contributed by atoms with Crippen molar-refractivity contribution in [1.82, 2.24) is 9.80 Å². The Morgan fingerprint density at radius 2 is 1.25 bits per heavy atom. The van der Waals surface area contributed by atoms with E-state index < -0.39 is 0 Å². The molecule has 3 aliphatic heterocycles. The smallest absolute Gasteiger partial charge is 0.0104 e. The number of fused-ring (bicyclic) bond motifs is 2. The third kappa shape index (κ3) is 2.78. The quantitative estimate of drug-likeness (QED) is 0.775. The van der Waals surface area contributed by atoms with Crippen molar-refractivity contribution in [2.24, 2.45) is 11.8 Å². The minimum atomic E-state index is 0.745. The van der Waals surface area contributed by atoms with Gasteiger partial charge in [0.2, 0.25) is 0 Å². The van der Waals surface area contributed by atoms with Crippen molar-refractivity contribution >= 4 is 0 Å². The molecule has 3 rings (SSSR count). The van der Waals surface area contributed by atoms with Gasteiger partial charge in [0.1, 0.15) is 0 Å². The number of piperidine rings is 2. The zero-order valence-electron chi connectivity index (χ0n) is 14.0. The number of rotatable bonds is 3. The van der Waals surface area contributed by atoms with Gasteiger partial charge in [0, 0.05) is 24.2 Å². The summed E-state index contributed by atoms with van der Waals surface area (Å²) in [4.78, 5) is 5.52. The van der Waals surface area contributed by atoms with Gasteiger partial charge in [-0.3, -0.25) is 4.90 Å². The second-order valence-corrected chi connectivity index (χ2v) is 8.12. The molecule has 0 saturated carbocycles. The number of hydrogen-bond acceptors (Lipinski definition) is 2. The van der Waals surface area contributed by atoms with E-state index in [4.69, 9.17) is 0 Å². The molecule has 2 heteroatoms. The Morgan fingerprint density at radius 3 is 1.70 bits per heavy atom. The Labute approximate surface area is 125 Å². The normalized spacial score (nSPS) is 37.2. The number of hydrogen-bond donors (Lipinski definition) is 0. The zero-order valence-corrected chi connectivity index (χ0v) is 14.0. The van der Waals surface area contributed by atoms with Crippen LogP contribution in [-0.4, -0.2) is 47.1 Å². The summed E-state index contributed by atoms with van der Waals surface area (Å²) >= 11 is 0. The molecule has 116 valence electrons. The Balaban J connectivity index is 1.56. The molecule has 2 unspecified atom stereocenters. The summed E-state index contributed by atoms with van der Waals surface area (Å²) in [5, 5.41) is 0. The van der Waals surface area contributed by atoms with E-state index in [2.05, 4.69) is 37.5 Å². The molecular weight excluding hydrogens is 244 g/mol. The minimum Gasteiger partial charge on any atom is -0.301 e. The predicted molar refractivity (Wildman–Crippen MR) is 85.9 cm³/mol. The van der Waals surface area contributed by atoms with Crippen LogP contribution in [0.5, 0.6) is 0 Å². The molecule has 2 bridgehead atoms. The van der Waals surface area contributed by atoms with Crippen molar-refractivity contribution < 1.29 is 0 Å². The summed E-state index contributed by atoms with van der Waals surface area (Å²) in [5.41, 5.74) is 0. The minimum absolute atomic E-state index is 0.745. The van der Waals surface area contributed by atoms with Crippen LogP contribution in [0.1, 0.15) is 66.2 Å². The number of nitrogens with zero attached hydrogens (tertiary/aromatic N) is 2. The van der Waals surface area contributed by atoms with Gasteiger partial charge in [0.05, 0.1) is 0 Å². The van der Waals surface area contributed by atoms with E-state index in [0.29, 0.717) is 0 Å². The molecule has 0 radical (unpaired) electrons. The van der Waals surface area contributed by atoms with Crippen LogP contribution >= 0.6 is 0 Å². The fraction of sp³-hybridized carbons (Fsp3) is 1.00. The first-order valence-electron chi connectivity index (χ1n) is 9.07. The third-order valence-electron chi connectivity index (χ3n) is 6.39. The Morgan fingerprint density at radius 1 is 0.700 bits per heavy atom. The van der Waals surface area contributed by atoms with Crippen LogP contribution in [0, 0.1) is 11.8 Å². The molecule has 0 spiro atoms. The second kappa shape index (κ2) is 5.96. The van der Waals surface area contributed by atoms with Crippen LogP contribution < -0.4 is 0 Å². The summed E-state index contributed by atoms with van der Waals surface area (Å²) < 4.78 is 0. The maximum absolute atomic E-state index is 2.85. The molecule has 3 heterocycles. The molecule has 20 heavy (non-hydrogen) atoms. The molecule has 0 N–H and O–H groups in total. The fourth-order valence-corrected chi connectivity index (χ4v) is 5.39. The standard InChI is InChI=1S/C18H34N2/c1-13(2)19-9-7-15(8-10-19)16-11-17-5-6-18(12-16)20(17)14(3)4/h13-18H,5-12H2,1-4H3. The molecule has 0 aromatic heterocycles. The van der Waals surface area contributed by atoms with E-state index in [1.165, 1.54) is 51.6 Å². The number of likely N-dealkylation sites (tertiary alicyclic amines) is 1. The molecule has 0 aliphatic carbocycles. The molecule has 0 aromatic carbocycles. The molecule has 3 aliphatic rings. The lowest BCUT2D eigenvalue weighted by molar-refractivity contribution is 0.0316. The monoisotopic (exact) mass is 278 g/mol. The summed E-state index contributed by atoms with van der Waals surface area (Å²) in [7, 11) is 0. The molecule has 2 nitrogen and oxygen atoms in total. The van der Waals surface area contributed by atoms with Crippen LogP contribution in [0.3, 0.4) is 0 Å². The molecule has 0 amide bonds. The van der Waals surface area contributed by atoms with Crippen molar-refractivity contribution in [2.45, 2.75) is 90.4 Å². The topological polar surface area (TPSA) is 6.48 Å². The third-order valence-corrected chi connectivity index (χ3v) is 6.39. The largest absolute Gasteiger partial charge is 0.301 e. The highest BCUT2D eigenvalue weighted by molar-refractivity contribution is 4.98. The summed E-state index contributed by atoms with van der Waals surface area (Å²) in [6, 6.07) is 3.34. The van der Waals surface area contributed by atoms with Crippen LogP contribution in [0.15, 0.2) is 0 Å². The van der Waals surface area contributed by atoms with Crippen LogP contribution in [0.4, 0.5) is 0 Å². The lowest BCUT2D eigenvalue weighted by atomic mass is 9.76. The summed E-state index contributed by atoms with van der Waals surface area (Å²) in [5.74, 6) is 2.07. The lowest BCUT2D eigenvalue weighted by Crippen LogP contribution is -2.49. The van der Waals surface area contributed by atoms with Gasteiger partial charge in [-0.2, -0.15) is 0 Å². The maximum atomic E-state index is 2.85. The molecule has 0 aromatic rings. The van der Waals surface area contributed by atoms with Gasteiger partial charge in [0.15, 0.2) is 0 Å². The first-order chi connectivity index (χ1) is 9.56. The van der Waals surface area contributed by atoms with Crippen LogP contribution in [0.2, 0.25) is 0 Å². The van der Waals surface area contributed by atoms with Crippen molar-refractivity contribution in [3.05, 3.63) is 0 Å².